The maximum absolute atomic E-state index is 10.9. The lowest BCUT2D eigenvalue weighted by molar-refractivity contribution is 0.115. The van der Waals surface area contributed by atoms with E-state index < -0.39 is 8.38 Å². The van der Waals surface area contributed by atoms with Crippen LogP contribution in [0.15, 0.2) is 21.9 Å². The van der Waals surface area contributed by atoms with Gasteiger partial charge in [-0.2, -0.15) is 0 Å². The molecular formula is C27H53N2O6P. The van der Waals surface area contributed by atoms with Gasteiger partial charge in [-0.1, -0.05) is 97.3 Å². The molecular weight excluding hydrogens is 479 g/mol. The van der Waals surface area contributed by atoms with Crippen molar-refractivity contribution in [1.29, 1.82) is 0 Å². The number of ether oxygens (including phenoxy) is 1. The van der Waals surface area contributed by atoms with Crippen molar-refractivity contribution in [3.8, 4) is 0 Å². The number of nitrogens with one attached hydrogen (secondary N) is 1. The first-order valence-electron chi connectivity index (χ1n) is 14.1. The van der Waals surface area contributed by atoms with Gasteiger partial charge in [-0.15, -0.1) is 0 Å². The molecule has 36 heavy (non-hydrogen) atoms. The fourth-order valence-electron chi connectivity index (χ4n) is 3.73. The predicted molar refractivity (Wildman–Crippen MR) is 150 cm³/mol. The highest BCUT2D eigenvalue weighted by Gasteiger charge is 2.01. The quantitative estimate of drug-likeness (QED) is 0.116. The first-order chi connectivity index (χ1) is 17.5. The van der Waals surface area contributed by atoms with Crippen LogP contribution in [0.5, 0.6) is 0 Å². The Hall–Kier alpha value is -1.05. The van der Waals surface area contributed by atoms with Crippen molar-refractivity contribution in [2.75, 3.05) is 26.2 Å². The third-order valence-corrected chi connectivity index (χ3v) is 6.52. The minimum absolute atomic E-state index is 0.283. The zero-order chi connectivity index (χ0) is 26.7. The lowest BCUT2D eigenvalue weighted by Crippen LogP contribution is -2.28. The van der Waals surface area contributed by atoms with Gasteiger partial charge < -0.3 is 23.8 Å². The molecule has 0 spiro atoms. The molecule has 0 fully saturated rings. The summed E-state index contributed by atoms with van der Waals surface area (Å²) < 4.78 is 12.0. The second-order valence-corrected chi connectivity index (χ2v) is 10.4. The Labute approximate surface area is 219 Å². The highest BCUT2D eigenvalue weighted by Crippen LogP contribution is 2.28. The topological polar surface area (TPSA) is 114 Å². The number of unbranched alkanes of at least 4 members (excludes halogenated alkanes) is 13. The van der Waals surface area contributed by atoms with Gasteiger partial charge in [0.1, 0.15) is 6.35 Å². The van der Waals surface area contributed by atoms with Gasteiger partial charge in [0.05, 0.1) is 6.61 Å². The van der Waals surface area contributed by atoms with Crippen LogP contribution in [0.3, 0.4) is 0 Å². The number of H-pyrrole nitrogens is 1. The van der Waals surface area contributed by atoms with Crippen LogP contribution < -0.4 is 11.2 Å². The molecule has 9 heteroatoms. The van der Waals surface area contributed by atoms with E-state index in [9.17, 15) is 9.59 Å². The van der Waals surface area contributed by atoms with Crippen LogP contribution in [-0.4, -0.2) is 45.7 Å². The van der Waals surface area contributed by atoms with E-state index >= 15 is 0 Å². The molecule has 1 heterocycles. The summed E-state index contributed by atoms with van der Waals surface area (Å²) >= 11 is 0. The number of aromatic nitrogens is 2. The van der Waals surface area contributed by atoms with Crippen LogP contribution in [-0.2, 0) is 15.8 Å². The van der Waals surface area contributed by atoms with Crippen molar-refractivity contribution in [2.45, 2.75) is 123 Å². The zero-order valence-corrected chi connectivity index (χ0v) is 23.8. The molecule has 0 aliphatic heterocycles. The second-order valence-electron chi connectivity index (χ2n) is 9.19. The number of aromatic amines is 1. The van der Waals surface area contributed by atoms with Crippen molar-refractivity contribution in [3.05, 3.63) is 33.1 Å². The number of hydrogen-bond donors (Lipinski definition) is 3. The van der Waals surface area contributed by atoms with E-state index in [1.807, 2.05) is 6.92 Å². The number of aryl methyl sites for hydroxylation is 1. The van der Waals surface area contributed by atoms with E-state index in [-0.39, 0.29) is 17.6 Å². The Morgan fingerprint density at radius 3 is 1.81 bits per heavy atom. The minimum Gasteiger partial charge on any atom is -0.387 e. The molecule has 0 aliphatic rings. The number of aliphatic hydroxyl groups is 1. The smallest absolute Gasteiger partial charge is 0.328 e. The average molecular weight is 533 g/mol. The van der Waals surface area contributed by atoms with Crippen LogP contribution >= 0.6 is 8.38 Å². The summed E-state index contributed by atoms with van der Waals surface area (Å²) in [5, 5.41) is 8.61. The minimum atomic E-state index is -1.62. The van der Waals surface area contributed by atoms with Crippen molar-refractivity contribution < 1.29 is 19.3 Å². The van der Waals surface area contributed by atoms with Crippen molar-refractivity contribution >= 4 is 8.38 Å². The van der Waals surface area contributed by atoms with Gasteiger partial charge >= 0.3 is 5.69 Å². The molecule has 0 aromatic carbocycles. The van der Waals surface area contributed by atoms with E-state index in [2.05, 4.69) is 11.9 Å². The largest absolute Gasteiger partial charge is 0.387 e. The maximum atomic E-state index is 10.9. The van der Waals surface area contributed by atoms with E-state index in [0.29, 0.717) is 19.8 Å². The van der Waals surface area contributed by atoms with Gasteiger partial charge in [-0.3, -0.25) is 9.78 Å². The second kappa shape index (κ2) is 27.0. The number of hydrogen-bond acceptors (Lipinski definition) is 6. The van der Waals surface area contributed by atoms with Crippen molar-refractivity contribution in [1.82, 2.24) is 9.55 Å². The molecule has 1 aromatic heterocycles. The van der Waals surface area contributed by atoms with Gasteiger partial charge in [-0.05, 0) is 19.3 Å². The molecule has 1 unspecified atom stereocenters. The first kappa shape index (κ1) is 35.0. The average Bonchev–Trinajstić information content (AvgIpc) is 2.87. The number of aliphatic hydroxyl groups excluding tert-OH is 1. The van der Waals surface area contributed by atoms with Crippen LogP contribution in [0.4, 0.5) is 0 Å². The summed E-state index contributed by atoms with van der Waals surface area (Å²) in [7, 11) is -1.62. The Morgan fingerprint density at radius 1 is 0.778 bits per heavy atom. The van der Waals surface area contributed by atoms with Crippen LogP contribution in [0.25, 0.3) is 0 Å². The van der Waals surface area contributed by atoms with Gasteiger partial charge in [0.25, 0.3) is 5.56 Å². The van der Waals surface area contributed by atoms with Crippen LogP contribution in [0.1, 0.15) is 117 Å². The summed E-state index contributed by atoms with van der Waals surface area (Å²) in [6.45, 7) is 6.85. The predicted octanol–water partition coefficient (Wildman–Crippen LogP) is 6.09. The molecule has 1 aromatic rings. The summed E-state index contributed by atoms with van der Waals surface area (Å²) in [6, 6.07) is 1.34. The molecule has 0 amide bonds. The molecule has 0 aliphatic carbocycles. The maximum Gasteiger partial charge on any atom is 0.328 e. The lowest BCUT2D eigenvalue weighted by Gasteiger charge is -2.08. The molecule has 0 saturated heterocycles. The highest BCUT2D eigenvalue weighted by molar-refractivity contribution is 7.45. The van der Waals surface area contributed by atoms with Crippen molar-refractivity contribution in [2.24, 2.45) is 0 Å². The van der Waals surface area contributed by atoms with Gasteiger partial charge in [0.2, 0.25) is 0 Å². The lowest BCUT2D eigenvalue weighted by atomic mass is 10.0. The monoisotopic (exact) mass is 532 g/mol. The van der Waals surface area contributed by atoms with E-state index in [0.717, 1.165) is 25.9 Å². The Morgan fingerprint density at radius 2 is 1.31 bits per heavy atom. The molecule has 0 saturated carbocycles. The van der Waals surface area contributed by atoms with Gasteiger partial charge in [0.15, 0.2) is 8.38 Å². The fraction of sp³-hybridized carbons (Fsp3) is 0.852. The highest BCUT2D eigenvalue weighted by atomic mass is 31.2. The SMILES string of the molecule is CCCCCCCCCCCCCCCCOCCCOP(O)CO.CCCn1ccc(=O)[nH]c1=O. The Kier molecular flexibility index (Phi) is 26.2. The molecule has 0 radical (unpaired) electrons. The van der Waals surface area contributed by atoms with E-state index in [1.165, 1.54) is 100 Å². The Bertz CT molecular complexity index is 697. The van der Waals surface area contributed by atoms with Crippen molar-refractivity contribution in [3.63, 3.8) is 0 Å². The Balaban J connectivity index is 0.000000918. The molecule has 8 nitrogen and oxygen atoms in total. The van der Waals surface area contributed by atoms with E-state index in [1.54, 1.807) is 0 Å². The zero-order valence-electron chi connectivity index (χ0n) is 22.9. The molecule has 0 bridgehead atoms. The van der Waals surface area contributed by atoms with Crippen LogP contribution in [0.2, 0.25) is 0 Å². The summed E-state index contributed by atoms with van der Waals surface area (Å²) in [5.41, 5.74) is -0.679. The standard InChI is InChI=1S/C20H43O4P.C7H10N2O2/c1-2-3-4-5-6-7-8-9-10-11-12-13-14-15-17-23-18-16-19-24-25(22)20-21;1-2-4-9-5-3-6(10)8-7(9)11/h21-22H,2-20H2,1H3;3,5H,2,4H2,1H3,(H,8,10,11). The summed E-state index contributed by atoms with van der Waals surface area (Å²) in [6.07, 6.45) is 22.1. The van der Waals surface area contributed by atoms with Crippen LogP contribution in [0, 0.1) is 0 Å². The molecule has 3 N–H and O–H groups in total. The number of rotatable bonds is 23. The third-order valence-electron chi connectivity index (χ3n) is 5.80. The normalized spacial score (nSPS) is 11.8. The third kappa shape index (κ3) is 23.4. The van der Waals surface area contributed by atoms with Gasteiger partial charge in [-0.25, -0.2) is 4.79 Å². The first-order valence-corrected chi connectivity index (χ1v) is 15.5. The number of nitrogens with zero attached hydrogens (tertiary/aromatic N) is 1. The van der Waals surface area contributed by atoms with Gasteiger partial charge in [0, 0.05) is 32.0 Å². The summed E-state index contributed by atoms with van der Waals surface area (Å²) in [5.74, 6) is 0. The molecule has 1 atom stereocenters. The fourth-order valence-corrected chi connectivity index (χ4v) is 4.16. The molecule has 1 rings (SSSR count). The van der Waals surface area contributed by atoms with E-state index in [4.69, 9.17) is 19.3 Å². The molecule has 212 valence electrons. The summed E-state index contributed by atoms with van der Waals surface area (Å²) in [4.78, 5) is 32.7.